The number of nitrogens with two attached hydrogens (primary N) is 1. The predicted molar refractivity (Wildman–Crippen MR) is 116 cm³/mol. The van der Waals surface area contributed by atoms with E-state index in [1.165, 1.54) is 37.4 Å². The summed E-state index contributed by atoms with van der Waals surface area (Å²) in [7, 11) is -2.75. The van der Waals surface area contributed by atoms with Gasteiger partial charge in [0.05, 0.1) is 22.6 Å². The number of ether oxygens (including phenoxy) is 1. The third-order valence-electron chi connectivity index (χ3n) is 4.31. The SMILES string of the molecule is COc1ccc(NC(=O)c2ccc(N)c([N+](=O)[O-])c2)cc1NS(=O)(=O)c1ccc(F)cc1. The summed E-state index contributed by atoms with van der Waals surface area (Å²) < 4.78 is 45.8. The maximum absolute atomic E-state index is 13.1. The fourth-order valence-electron chi connectivity index (χ4n) is 2.73. The molecule has 0 unspecified atom stereocenters. The maximum Gasteiger partial charge on any atom is 0.292 e. The van der Waals surface area contributed by atoms with Gasteiger partial charge in [-0.05, 0) is 54.6 Å². The molecule has 0 saturated heterocycles. The first-order chi connectivity index (χ1) is 15.1. The number of nitrogens with zero attached hydrogens (tertiary/aromatic N) is 1. The Labute approximate surface area is 182 Å². The molecule has 1 amide bonds. The zero-order chi connectivity index (χ0) is 23.5. The number of carbonyl (C=O) groups is 1. The highest BCUT2D eigenvalue weighted by Crippen LogP contribution is 2.30. The lowest BCUT2D eigenvalue weighted by Gasteiger charge is -2.14. The van der Waals surface area contributed by atoms with Gasteiger partial charge < -0.3 is 15.8 Å². The Kier molecular flexibility index (Phi) is 6.25. The molecule has 0 atom stereocenters. The molecule has 0 aliphatic rings. The van der Waals surface area contributed by atoms with E-state index in [0.29, 0.717) is 0 Å². The van der Waals surface area contributed by atoms with Gasteiger partial charge in [0.15, 0.2) is 0 Å². The molecule has 3 aromatic carbocycles. The van der Waals surface area contributed by atoms with Crippen LogP contribution in [0.4, 0.5) is 27.1 Å². The number of nitrogen functional groups attached to an aromatic ring is 1. The van der Waals surface area contributed by atoms with Crippen LogP contribution in [0.15, 0.2) is 65.6 Å². The summed E-state index contributed by atoms with van der Waals surface area (Å²) in [5, 5.41) is 13.6. The highest BCUT2D eigenvalue weighted by Gasteiger charge is 2.19. The molecule has 0 spiro atoms. The van der Waals surface area contributed by atoms with E-state index in [2.05, 4.69) is 10.0 Å². The number of benzene rings is 3. The molecule has 0 aliphatic heterocycles. The number of anilines is 3. The first kappa shape index (κ1) is 22.5. The molecule has 0 bridgehead atoms. The smallest absolute Gasteiger partial charge is 0.292 e. The summed E-state index contributed by atoms with van der Waals surface area (Å²) in [6.07, 6.45) is 0. The number of hydrogen-bond donors (Lipinski definition) is 3. The number of nitrogens with one attached hydrogen (secondary N) is 2. The Hall–Kier alpha value is -4.19. The van der Waals surface area contributed by atoms with Gasteiger partial charge in [-0.1, -0.05) is 0 Å². The summed E-state index contributed by atoms with van der Waals surface area (Å²) >= 11 is 0. The van der Waals surface area contributed by atoms with Crippen LogP contribution in [0.5, 0.6) is 5.75 Å². The minimum atomic E-state index is -4.08. The number of nitro benzene ring substituents is 1. The third-order valence-corrected chi connectivity index (χ3v) is 5.70. The van der Waals surface area contributed by atoms with Crippen molar-refractivity contribution in [2.45, 2.75) is 4.90 Å². The molecule has 4 N–H and O–H groups in total. The van der Waals surface area contributed by atoms with Gasteiger partial charge >= 0.3 is 0 Å². The molecule has 0 radical (unpaired) electrons. The van der Waals surface area contributed by atoms with Gasteiger partial charge in [0.25, 0.3) is 21.6 Å². The Morgan fingerprint density at radius 3 is 2.41 bits per heavy atom. The van der Waals surface area contributed by atoms with E-state index in [9.17, 15) is 27.7 Å². The van der Waals surface area contributed by atoms with Crippen molar-refractivity contribution in [3.05, 3.63) is 82.2 Å². The lowest BCUT2D eigenvalue weighted by atomic mass is 10.1. The van der Waals surface area contributed by atoms with E-state index in [4.69, 9.17) is 10.5 Å². The zero-order valence-corrected chi connectivity index (χ0v) is 17.4. The lowest BCUT2D eigenvalue weighted by molar-refractivity contribution is -0.383. The van der Waals surface area contributed by atoms with Gasteiger partial charge in [-0.15, -0.1) is 0 Å². The molecule has 3 aromatic rings. The number of sulfonamides is 1. The summed E-state index contributed by atoms with van der Waals surface area (Å²) in [4.78, 5) is 22.7. The number of amides is 1. The Bertz CT molecular complexity index is 1300. The quantitative estimate of drug-likeness (QED) is 0.277. The van der Waals surface area contributed by atoms with E-state index in [1.54, 1.807) is 0 Å². The van der Waals surface area contributed by atoms with Gasteiger partial charge in [0.2, 0.25) is 0 Å². The molecule has 32 heavy (non-hydrogen) atoms. The number of halogens is 1. The van der Waals surface area contributed by atoms with Crippen LogP contribution in [0.25, 0.3) is 0 Å². The Balaban J connectivity index is 1.88. The van der Waals surface area contributed by atoms with Crippen LogP contribution in [0.1, 0.15) is 10.4 Å². The highest BCUT2D eigenvalue weighted by molar-refractivity contribution is 7.92. The average Bonchev–Trinajstić information content (AvgIpc) is 2.74. The first-order valence-electron chi connectivity index (χ1n) is 8.92. The molecule has 166 valence electrons. The van der Waals surface area contributed by atoms with Crippen molar-refractivity contribution in [3.63, 3.8) is 0 Å². The van der Waals surface area contributed by atoms with Crippen LogP contribution >= 0.6 is 0 Å². The summed E-state index contributed by atoms with van der Waals surface area (Å²) in [6.45, 7) is 0. The second kappa shape index (κ2) is 8.89. The van der Waals surface area contributed by atoms with Crippen molar-refractivity contribution >= 4 is 38.7 Å². The van der Waals surface area contributed by atoms with E-state index in [1.807, 2.05) is 0 Å². The minimum Gasteiger partial charge on any atom is -0.495 e. The number of hydrogen-bond acceptors (Lipinski definition) is 7. The van der Waals surface area contributed by atoms with Crippen molar-refractivity contribution in [2.24, 2.45) is 0 Å². The third kappa shape index (κ3) is 4.92. The van der Waals surface area contributed by atoms with Crippen LogP contribution in [0.2, 0.25) is 0 Å². The second-order valence-electron chi connectivity index (χ2n) is 6.46. The Morgan fingerprint density at radius 1 is 1.09 bits per heavy atom. The second-order valence-corrected chi connectivity index (χ2v) is 8.14. The highest BCUT2D eigenvalue weighted by atomic mass is 32.2. The van der Waals surface area contributed by atoms with Gasteiger partial charge in [-0.3, -0.25) is 19.6 Å². The van der Waals surface area contributed by atoms with Gasteiger partial charge in [-0.2, -0.15) is 0 Å². The van der Waals surface area contributed by atoms with E-state index >= 15 is 0 Å². The largest absolute Gasteiger partial charge is 0.495 e. The van der Waals surface area contributed by atoms with Crippen molar-refractivity contribution in [1.29, 1.82) is 0 Å². The summed E-state index contributed by atoms with van der Waals surface area (Å²) in [6, 6.07) is 12.0. The molecule has 0 saturated carbocycles. The predicted octanol–water partition coefficient (Wildman–Crippen LogP) is 3.38. The number of rotatable bonds is 7. The van der Waals surface area contributed by atoms with Gasteiger partial charge in [-0.25, -0.2) is 12.8 Å². The standard InChI is InChI=1S/C20H17FN4O6S/c1-31-19-9-5-14(23-20(26)12-2-8-16(22)18(10-12)25(27)28)11-17(19)24-32(29,30)15-6-3-13(21)4-7-15/h2-11,24H,22H2,1H3,(H,23,26). The molecular weight excluding hydrogens is 443 g/mol. The zero-order valence-electron chi connectivity index (χ0n) is 16.5. The summed E-state index contributed by atoms with van der Waals surface area (Å²) in [5.74, 6) is -1.10. The van der Waals surface area contributed by atoms with Crippen LogP contribution in [-0.4, -0.2) is 26.4 Å². The molecule has 12 heteroatoms. The van der Waals surface area contributed by atoms with Gasteiger partial charge in [0.1, 0.15) is 17.3 Å². The molecule has 0 aliphatic carbocycles. The van der Waals surface area contributed by atoms with E-state index < -0.39 is 32.4 Å². The average molecular weight is 460 g/mol. The summed E-state index contributed by atoms with van der Waals surface area (Å²) in [5.41, 5.74) is 5.21. The van der Waals surface area contributed by atoms with Crippen molar-refractivity contribution in [3.8, 4) is 5.75 Å². The Morgan fingerprint density at radius 2 is 1.78 bits per heavy atom. The van der Waals surface area contributed by atoms with Gasteiger partial charge in [0, 0.05) is 17.3 Å². The van der Waals surface area contributed by atoms with Crippen molar-refractivity contribution < 1.29 is 27.3 Å². The first-order valence-corrected chi connectivity index (χ1v) is 10.4. The lowest BCUT2D eigenvalue weighted by Crippen LogP contribution is -2.15. The van der Waals surface area contributed by atoms with Crippen molar-refractivity contribution in [1.82, 2.24) is 0 Å². The molecule has 0 heterocycles. The topological polar surface area (TPSA) is 154 Å². The molecule has 0 aromatic heterocycles. The van der Waals surface area contributed by atoms with Crippen LogP contribution < -0.4 is 20.5 Å². The molecular formula is C20H17FN4O6S. The number of carbonyl (C=O) groups excluding carboxylic acids is 1. The fraction of sp³-hybridized carbons (Fsp3) is 0.0500. The van der Waals surface area contributed by atoms with Crippen LogP contribution in [-0.2, 0) is 10.0 Å². The molecule has 0 fully saturated rings. The minimum absolute atomic E-state index is 0.0120. The fourth-order valence-corrected chi connectivity index (χ4v) is 3.79. The molecule has 3 rings (SSSR count). The van der Waals surface area contributed by atoms with Crippen molar-refractivity contribution in [2.75, 3.05) is 22.9 Å². The van der Waals surface area contributed by atoms with Crippen LogP contribution in [0, 0.1) is 15.9 Å². The van der Waals surface area contributed by atoms with Crippen LogP contribution in [0.3, 0.4) is 0 Å². The maximum atomic E-state index is 13.1. The van der Waals surface area contributed by atoms with E-state index in [0.717, 1.165) is 30.3 Å². The van der Waals surface area contributed by atoms with E-state index in [-0.39, 0.29) is 33.3 Å². The number of nitro groups is 1. The normalized spacial score (nSPS) is 10.9. The number of methoxy groups -OCH3 is 1. The monoisotopic (exact) mass is 460 g/mol. The molecule has 10 nitrogen and oxygen atoms in total.